The highest BCUT2D eigenvalue weighted by Crippen LogP contribution is 2.21. The number of hydrogen-bond acceptors (Lipinski definition) is 6. The van der Waals surface area contributed by atoms with Gasteiger partial charge in [-0.2, -0.15) is 4.52 Å². The average molecular weight is 490 g/mol. The van der Waals surface area contributed by atoms with Crippen molar-refractivity contribution in [1.82, 2.24) is 24.5 Å². The summed E-state index contributed by atoms with van der Waals surface area (Å²) in [6.45, 7) is 0.114. The number of sulfonamides is 1. The molecule has 5 aromatic rings. The molecule has 0 spiro atoms. The Kier molecular flexibility index (Phi) is 6.21. The van der Waals surface area contributed by atoms with E-state index in [1.165, 1.54) is 16.6 Å². The Morgan fingerprint density at radius 2 is 1.49 bits per heavy atom. The molecule has 3 aromatic carbocycles. The van der Waals surface area contributed by atoms with E-state index in [4.69, 9.17) is 4.74 Å². The minimum atomic E-state index is -3.69. The summed E-state index contributed by atoms with van der Waals surface area (Å²) in [6, 6.07) is 25.6. The molecular weight excluding hydrogens is 469 g/mol. The first kappa shape index (κ1) is 22.6. The van der Waals surface area contributed by atoms with Gasteiger partial charge in [-0.15, -0.1) is 15.3 Å². The summed E-state index contributed by atoms with van der Waals surface area (Å²) in [5.41, 5.74) is 3.09. The molecule has 2 aromatic heterocycles. The van der Waals surface area contributed by atoms with Crippen molar-refractivity contribution in [2.45, 2.75) is 4.90 Å². The number of nitrogens with zero attached hydrogens (tertiary/aromatic N) is 4. The van der Waals surface area contributed by atoms with E-state index in [-0.39, 0.29) is 29.7 Å². The van der Waals surface area contributed by atoms with Crippen LogP contribution in [0.15, 0.2) is 95.9 Å². The zero-order chi connectivity index (χ0) is 24.3. The smallest absolute Gasteiger partial charge is 0.240 e. The molecule has 0 amide bonds. The summed E-state index contributed by atoms with van der Waals surface area (Å²) < 4.78 is 48.1. The van der Waals surface area contributed by atoms with Crippen LogP contribution in [0.4, 0.5) is 4.39 Å². The summed E-state index contributed by atoms with van der Waals surface area (Å²) in [5, 5.41) is 12.5. The van der Waals surface area contributed by atoms with Gasteiger partial charge in [0.25, 0.3) is 0 Å². The van der Waals surface area contributed by atoms with Crippen LogP contribution in [-0.4, -0.2) is 41.4 Å². The Balaban J connectivity index is 1.21. The molecule has 176 valence electrons. The predicted octanol–water partition coefficient (Wildman–Crippen LogP) is 3.95. The van der Waals surface area contributed by atoms with Crippen LogP contribution >= 0.6 is 0 Å². The fourth-order valence-electron chi connectivity index (χ4n) is 3.50. The number of halogens is 1. The fourth-order valence-corrected chi connectivity index (χ4v) is 4.51. The first-order valence-electron chi connectivity index (χ1n) is 10.8. The predicted molar refractivity (Wildman–Crippen MR) is 129 cm³/mol. The zero-order valence-electron chi connectivity index (χ0n) is 18.4. The Bertz CT molecular complexity index is 1560. The maximum Gasteiger partial charge on any atom is 0.240 e. The van der Waals surface area contributed by atoms with Gasteiger partial charge in [0.15, 0.2) is 11.5 Å². The summed E-state index contributed by atoms with van der Waals surface area (Å²) in [7, 11) is -3.69. The molecule has 0 saturated heterocycles. The van der Waals surface area contributed by atoms with Crippen molar-refractivity contribution in [1.29, 1.82) is 0 Å². The summed E-state index contributed by atoms with van der Waals surface area (Å²) in [6.07, 6.45) is 0. The van der Waals surface area contributed by atoms with E-state index >= 15 is 0 Å². The molecule has 0 aliphatic carbocycles. The number of benzene rings is 3. The third-order valence-corrected chi connectivity index (χ3v) is 6.73. The molecule has 5 rings (SSSR count). The van der Waals surface area contributed by atoms with Gasteiger partial charge < -0.3 is 4.74 Å². The first-order valence-corrected chi connectivity index (χ1v) is 12.2. The molecule has 0 aliphatic rings. The third-order valence-electron chi connectivity index (χ3n) is 5.26. The Morgan fingerprint density at radius 1 is 0.800 bits per heavy atom. The van der Waals surface area contributed by atoms with Crippen molar-refractivity contribution in [3.63, 3.8) is 0 Å². The highest BCUT2D eigenvalue weighted by Gasteiger charge is 2.14. The van der Waals surface area contributed by atoms with E-state index in [0.717, 1.165) is 11.1 Å². The van der Waals surface area contributed by atoms with Gasteiger partial charge in [-0.05, 0) is 53.6 Å². The van der Waals surface area contributed by atoms with E-state index in [2.05, 4.69) is 20.0 Å². The molecule has 0 aliphatic heterocycles. The van der Waals surface area contributed by atoms with E-state index < -0.39 is 10.0 Å². The number of ether oxygens (including phenoxy) is 1. The topological polar surface area (TPSA) is 98.5 Å². The minimum Gasteiger partial charge on any atom is -0.475 e. The normalized spacial score (nSPS) is 11.6. The van der Waals surface area contributed by atoms with Crippen LogP contribution in [-0.2, 0) is 10.0 Å². The standard InChI is InChI=1S/C25H20FN5O3S/c26-21-10-6-20(7-11-21)25-29-28-23-14-15-24(30-31(23)25)34-17-16-27-35(32,33)22-12-8-19(9-13-22)18-4-2-1-3-5-18/h1-15,27H,16-17H2. The Labute approximate surface area is 201 Å². The van der Waals surface area contributed by atoms with Crippen molar-refractivity contribution in [2.75, 3.05) is 13.2 Å². The van der Waals surface area contributed by atoms with E-state index in [0.29, 0.717) is 17.0 Å². The minimum absolute atomic E-state index is 0.0511. The molecular formula is C25H20FN5O3S. The van der Waals surface area contributed by atoms with Crippen molar-refractivity contribution in [3.8, 4) is 28.4 Å². The van der Waals surface area contributed by atoms with Gasteiger partial charge in [0.2, 0.25) is 15.9 Å². The van der Waals surface area contributed by atoms with Crippen molar-refractivity contribution < 1.29 is 17.5 Å². The van der Waals surface area contributed by atoms with Crippen molar-refractivity contribution >= 4 is 15.7 Å². The molecule has 0 fully saturated rings. The lowest BCUT2D eigenvalue weighted by atomic mass is 10.1. The molecule has 0 radical (unpaired) electrons. The van der Waals surface area contributed by atoms with Crippen LogP contribution in [0.2, 0.25) is 0 Å². The Morgan fingerprint density at radius 3 is 2.23 bits per heavy atom. The van der Waals surface area contributed by atoms with Gasteiger partial charge in [-0.3, -0.25) is 0 Å². The van der Waals surface area contributed by atoms with Gasteiger partial charge in [-0.1, -0.05) is 42.5 Å². The van der Waals surface area contributed by atoms with Gasteiger partial charge in [-0.25, -0.2) is 17.5 Å². The van der Waals surface area contributed by atoms with Crippen LogP contribution in [0.3, 0.4) is 0 Å². The molecule has 10 heteroatoms. The lowest BCUT2D eigenvalue weighted by Crippen LogP contribution is -2.28. The molecule has 2 heterocycles. The number of aromatic nitrogens is 4. The van der Waals surface area contributed by atoms with Crippen LogP contribution in [0.5, 0.6) is 5.88 Å². The van der Waals surface area contributed by atoms with E-state index in [9.17, 15) is 12.8 Å². The van der Waals surface area contributed by atoms with Crippen LogP contribution in [0.1, 0.15) is 0 Å². The summed E-state index contributed by atoms with van der Waals surface area (Å²) in [4.78, 5) is 0.171. The lowest BCUT2D eigenvalue weighted by Gasteiger charge is -2.09. The zero-order valence-corrected chi connectivity index (χ0v) is 19.2. The third kappa shape index (κ3) is 5.03. The number of rotatable bonds is 8. The van der Waals surface area contributed by atoms with Gasteiger partial charge in [0.1, 0.15) is 12.4 Å². The maximum absolute atomic E-state index is 13.2. The molecule has 0 unspecified atom stereocenters. The molecule has 35 heavy (non-hydrogen) atoms. The molecule has 0 saturated carbocycles. The van der Waals surface area contributed by atoms with Gasteiger partial charge in [0.05, 0.1) is 4.90 Å². The summed E-state index contributed by atoms with van der Waals surface area (Å²) >= 11 is 0. The number of nitrogens with one attached hydrogen (secondary N) is 1. The maximum atomic E-state index is 13.2. The first-order chi connectivity index (χ1) is 17.0. The lowest BCUT2D eigenvalue weighted by molar-refractivity contribution is 0.306. The quantitative estimate of drug-likeness (QED) is 0.332. The number of fused-ring (bicyclic) bond motifs is 1. The molecule has 1 N–H and O–H groups in total. The van der Waals surface area contributed by atoms with E-state index in [1.54, 1.807) is 48.5 Å². The van der Waals surface area contributed by atoms with Gasteiger partial charge in [0, 0.05) is 18.2 Å². The molecule has 0 bridgehead atoms. The second-order valence-electron chi connectivity index (χ2n) is 7.61. The second kappa shape index (κ2) is 9.61. The molecule has 8 nitrogen and oxygen atoms in total. The highest BCUT2D eigenvalue weighted by atomic mass is 32.2. The highest BCUT2D eigenvalue weighted by molar-refractivity contribution is 7.89. The Hall–Kier alpha value is -4.15. The molecule has 0 atom stereocenters. The van der Waals surface area contributed by atoms with Crippen molar-refractivity contribution in [2.24, 2.45) is 0 Å². The summed E-state index contributed by atoms with van der Waals surface area (Å²) in [5.74, 6) is 0.353. The van der Waals surface area contributed by atoms with Crippen LogP contribution in [0, 0.1) is 5.82 Å². The number of hydrogen-bond donors (Lipinski definition) is 1. The monoisotopic (exact) mass is 489 g/mol. The SMILES string of the molecule is O=S(=O)(NCCOc1ccc2nnc(-c3ccc(F)cc3)n2n1)c1ccc(-c2ccccc2)cc1. The average Bonchev–Trinajstić information content (AvgIpc) is 3.31. The van der Waals surface area contributed by atoms with Crippen molar-refractivity contribution in [3.05, 3.63) is 96.8 Å². The fraction of sp³-hybridized carbons (Fsp3) is 0.0800. The van der Waals surface area contributed by atoms with Crippen LogP contribution < -0.4 is 9.46 Å². The van der Waals surface area contributed by atoms with Crippen LogP contribution in [0.25, 0.3) is 28.2 Å². The second-order valence-corrected chi connectivity index (χ2v) is 9.38. The van der Waals surface area contributed by atoms with Gasteiger partial charge >= 0.3 is 0 Å². The van der Waals surface area contributed by atoms with E-state index in [1.807, 2.05) is 30.3 Å². The largest absolute Gasteiger partial charge is 0.475 e.